The maximum Gasteiger partial charge on any atom is 0.263 e. The van der Waals surface area contributed by atoms with Gasteiger partial charge in [0.2, 0.25) is 0 Å². The fourth-order valence-corrected chi connectivity index (χ4v) is 3.38. The minimum absolute atomic E-state index is 0.226. The lowest BCUT2D eigenvalue weighted by Crippen LogP contribution is -2.16. The van der Waals surface area contributed by atoms with Crippen LogP contribution in [0.5, 0.6) is 5.75 Å². The van der Waals surface area contributed by atoms with Crippen LogP contribution in [0.15, 0.2) is 35.2 Å². The van der Waals surface area contributed by atoms with E-state index in [0.29, 0.717) is 17.1 Å². The first-order chi connectivity index (χ1) is 9.85. The average molecular weight is 306 g/mol. The fourth-order valence-electron chi connectivity index (χ4n) is 2.08. The van der Waals surface area contributed by atoms with Crippen molar-refractivity contribution < 1.29 is 13.2 Å². The van der Waals surface area contributed by atoms with Gasteiger partial charge in [0.25, 0.3) is 10.0 Å². The smallest absolute Gasteiger partial charge is 0.263 e. The van der Waals surface area contributed by atoms with Crippen molar-refractivity contribution in [3.8, 4) is 5.75 Å². The number of hydrogen-bond acceptors (Lipinski definition) is 4. The number of nitrogens with zero attached hydrogens (tertiary/aromatic N) is 1. The monoisotopic (exact) mass is 306 g/mol. The first-order valence-corrected chi connectivity index (χ1v) is 7.94. The molecule has 1 aromatic heterocycles. The van der Waals surface area contributed by atoms with Crippen LogP contribution in [-0.2, 0) is 10.0 Å². The molecule has 0 radical (unpaired) electrons. The molecule has 0 bridgehead atoms. The highest BCUT2D eigenvalue weighted by Gasteiger charge is 2.20. The van der Waals surface area contributed by atoms with Gasteiger partial charge in [-0.3, -0.25) is 4.72 Å². The number of benzene rings is 1. The number of ether oxygens (including phenoxy) is 1. The highest BCUT2D eigenvalue weighted by molar-refractivity contribution is 7.92. The van der Waals surface area contributed by atoms with Crippen LogP contribution in [0.2, 0.25) is 0 Å². The predicted molar refractivity (Wildman–Crippen MR) is 82.3 cm³/mol. The Labute approximate surface area is 125 Å². The zero-order chi connectivity index (χ0) is 15.6. The molecule has 0 aliphatic rings. The molecule has 0 saturated carbocycles. The number of rotatable bonds is 4. The summed E-state index contributed by atoms with van der Waals surface area (Å²) in [5.41, 5.74) is 2.21. The number of methoxy groups -OCH3 is 1. The zero-order valence-corrected chi connectivity index (χ0v) is 13.3. The molecule has 2 rings (SSSR count). The summed E-state index contributed by atoms with van der Waals surface area (Å²) >= 11 is 0. The number of pyridine rings is 1. The summed E-state index contributed by atoms with van der Waals surface area (Å²) in [7, 11) is -2.12. The van der Waals surface area contributed by atoms with Crippen molar-refractivity contribution in [3.63, 3.8) is 0 Å². The Kier molecular flexibility index (Phi) is 4.18. The highest BCUT2D eigenvalue weighted by Crippen LogP contribution is 2.27. The third-order valence-electron chi connectivity index (χ3n) is 3.32. The molecule has 0 atom stereocenters. The maximum absolute atomic E-state index is 12.5. The van der Waals surface area contributed by atoms with E-state index in [4.69, 9.17) is 4.74 Å². The third-order valence-corrected chi connectivity index (χ3v) is 4.82. The van der Waals surface area contributed by atoms with Crippen molar-refractivity contribution in [1.82, 2.24) is 4.98 Å². The molecule has 112 valence electrons. The van der Waals surface area contributed by atoms with Gasteiger partial charge in [0.05, 0.1) is 12.0 Å². The van der Waals surface area contributed by atoms with Gasteiger partial charge in [-0.05, 0) is 56.2 Å². The minimum atomic E-state index is -3.68. The van der Waals surface area contributed by atoms with E-state index in [1.54, 1.807) is 51.3 Å². The summed E-state index contributed by atoms with van der Waals surface area (Å²) in [5.74, 6) is 0.975. The molecule has 1 heterocycles. The van der Waals surface area contributed by atoms with E-state index in [1.807, 2.05) is 6.92 Å². The molecule has 6 heteroatoms. The number of hydrogen-bond donors (Lipinski definition) is 1. The first kappa shape index (κ1) is 15.3. The Bertz CT molecular complexity index is 770. The van der Waals surface area contributed by atoms with E-state index in [2.05, 4.69) is 9.71 Å². The number of nitrogens with one attached hydrogen (secondary N) is 1. The Balaban J connectivity index is 2.43. The largest absolute Gasteiger partial charge is 0.496 e. The Morgan fingerprint density at radius 2 is 1.76 bits per heavy atom. The van der Waals surface area contributed by atoms with E-state index < -0.39 is 10.0 Å². The minimum Gasteiger partial charge on any atom is -0.496 e. The summed E-state index contributed by atoms with van der Waals surface area (Å²) in [4.78, 5) is 4.38. The van der Waals surface area contributed by atoms with Gasteiger partial charge in [-0.1, -0.05) is 6.07 Å². The summed E-state index contributed by atoms with van der Waals surface area (Å²) in [5, 5.41) is 0. The fraction of sp³-hybridized carbons (Fsp3) is 0.267. The second-order valence-corrected chi connectivity index (χ2v) is 6.44. The predicted octanol–water partition coefficient (Wildman–Crippen LogP) is 2.82. The molecule has 0 unspecified atom stereocenters. The molecule has 21 heavy (non-hydrogen) atoms. The quantitative estimate of drug-likeness (QED) is 0.943. The lowest BCUT2D eigenvalue weighted by atomic mass is 10.1. The van der Waals surface area contributed by atoms with Crippen molar-refractivity contribution in [2.24, 2.45) is 0 Å². The van der Waals surface area contributed by atoms with Gasteiger partial charge < -0.3 is 4.74 Å². The molecular formula is C15H18N2O3S. The van der Waals surface area contributed by atoms with E-state index in [9.17, 15) is 8.42 Å². The number of aromatic nitrogens is 1. The highest BCUT2D eigenvalue weighted by atomic mass is 32.2. The summed E-state index contributed by atoms with van der Waals surface area (Å²) in [6, 6.07) is 8.38. The molecule has 0 spiro atoms. The molecule has 1 N–H and O–H groups in total. The standard InChI is InChI=1S/C15H18N2O3S/c1-10-6-5-7-15(16-10)17-21(18,19)14-9-8-13(20-4)11(2)12(14)3/h5-9H,1-4H3,(H,16,17). The average Bonchev–Trinajstić information content (AvgIpc) is 2.41. The summed E-state index contributed by atoms with van der Waals surface area (Å²) < 4.78 is 32.7. The number of aryl methyl sites for hydroxylation is 1. The molecule has 5 nitrogen and oxygen atoms in total. The molecule has 0 saturated heterocycles. The van der Waals surface area contributed by atoms with E-state index >= 15 is 0 Å². The van der Waals surface area contributed by atoms with Crippen molar-refractivity contribution in [2.75, 3.05) is 11.8 Å². The van der Waals surface area contributed by atoms with Crippen molar-refractivity contribution >= 4 is 15.8 Å². The molecule has 0 aliphatic heterocycles. The Hall–Kier alpha value is -2.08. The second kappa shape index (κ2) is 5.73. The van der Waals surface area contributed by atoms with Gasteiger partial charge in [-0.25, -0.2) is 13.4 Å². The second-order valence-electron chi connectivity index (χ2n) is 4.79. The summed E-state index contributed by atoms with van der Waals surface area (Å²) in [6.07, 6.45) is 0. The topological polar surface area (TPSA) is 68.3 Å². The molecule has 1 aromatic carbocycles. The van der Waals surface area contributed by atoms with Gasteiger partial charge in [0.15, 0.2) is 0 Å². The van der Waals surface area contributed by atoms with Crippen LogP contribution < -0.4 is 9.46 Å². The zero-order valence-electron chi connectivity index (χ0n) is 12.5. The van der Waals surface area contributed by atoms with Gasteiger partial charge in [0, 0.05) is 5.69 Å². The first-order valence-electron chi connectivity index (χ1n) is 6.46. The van der Waals surface area contributed by atoms with Gasteiger partial charge in [-0.2, -0.15) is 0 Å². The van der Waals surface area contributed by atoms with E-state index in [0.717, 1.165) is 11.3 Å². The van der Waals surface area contributed by atoms with Gasteiger partial charge in [0.1, 0.15) is 11.6 Å². The van der Waals surface area contributed by atoms with Crippen LogP contribution in [0.3, 0.4) is 0 Å². The maximum atomic E-state index is 12.5. The Morgan fingerprint density at radius 1 is 1.05 bits per heavy atom. The van der Waals surface area contributed by atoms with E-state index in [-0.39, 0.29) is 4.90 Å². The van der Waals surface area contributed by atoms with Crippen molar-refractivity contribution in [1.29, 1.82) is 0 Å². The SMILES string of the molecule is COc1ccc(S(=O)(=O)Nc2cccc(C)n2)c(C)c1C. The van der Waals surface area contributed by atoms with Crippen LogP contribution in [0.4, 0.5) is 5.82 Å². The van der Waals surface area contributed by atoms with Crippen LogP contribution in [0, 0.1) is 20.8 Å². The molecule has 0 aliphatic carbocycles. The van der Waals surface area contributed by atoms with Gasteiger partial charge in [-0.15, -0.1) is 0 Å². The number of anilines is 1. The Morgan fingerprint density at radius 3 is 2.38 bits per heavy atom. The van der Waals surface area contributed by atoms with E-state index in [1.165, 1.54) is 0 Å². The molecule has 0 amide bonds. The van der Waals surface area contributed by atoms with Crippen molar-refractivity contribution in [3.05, 3.63) is 47.2 Å². The van der Waals surface area contributed by atoms with Crippen LogP contribution in [0.1, 0.15) is 16.8 Å². The van der Waals surface area contributed by atoms with Crippen LogP contribution in [0.25, 0.3) is 0 Å². The summed E-state index contributed by atoms with van der Waals surface area (Å²) in [6.45, 7) is 5.40. The number of sulfonamides is 1. The van der Waals surface area contributed by atoms with Gasteiger partial charge >= 0.3 is 0 Å². The lowest BCUT2D eigenvalue weighted by molar-refractivity contribution is 0.411. The lowest BCUT2D eigenvalue weighted by Gasteiger charge is -2.14. The molecule has 0 fully saturated rings. The van der Waals surface area contributed by atoms with Crippen LogP contribution >= 0.6 is 0 Å². The third kappa shape index (κ3) is 3.16. The normalized spacial score (nSPS) is 11.2. The van der Waals surface area contributed by atoms with Crippen LogP contribution in [-0.4, -0.2) is 20.5 Å². The van der Waals surface area contributed by atoms with Crippen molar-refractivity contribution in [2.45, 2.75) is 25.7 Å². The molecule has 2 aromatic rings. The molecular weight excluding hydrogens is 288 g/mol.